The molecular formula is C18H21NO. The highest BCUT2D eigenvalue weighted by atomic mass is 16.5. The van der Waals surface area contributed by atoms with Gasteiger partial charge in [-0.1, -0.05) is 42.0 Å². The zero-order chi connectivity index (χ0) is 14.2. The molecule has 2 aromatic rings. The van der Waals surface area contributed by atoms with Crippen LogP contribution in [0.3, 0.4) is 0 Å². The maximum atomic E-state index is 5.82. The summed E-state index contributed by atoms with van der Waals surface area (Å²) < 4.78 is 5.82. The molecule has 1 N–H and O–H groups in total. The Hall–Kier alpha value is -2.06. The van der Waals surface area contributed by atoms with Crippen LogP contribution in [0.1, 0.15) is 19.4 Å². The molecule has 0 saturated carbocycles. The van der Waals surface area contributed by atoms with Crippen LogP contribution in [-0.2, 0) is 6.54 Å². The summed E-state index contributed by atoms with van der Waals surface area (Å²) in [6.07, 6.45) is 2.18. The van der Waals surface area contributed by atoms with Crippen LogP contribution >= 0.6 is 0 Å². The summed E-state index contributed by atoms with van der Waals surface area (Å²) in [6.45, 7) is 5.95. The summed E-state index contributed by atoms with van der Waals surface area (Å²) in [4.78, 5) is 0. The molecule has 2 rings (SSSR count). The van der Waals surface area contributed by atoms with E-state index in [1.807, 2.05) is 42.5 Å². The van der Waals surface area contributed by atoms with E-state index in [9.17, 15) is 0 Å². The van der Waals surface area contributed by atoms with Crippen molar-refractivity contribution in [1.82, 2.24) is 5.32 Å². The maximum absolute atomic E-state index is 5.82. The van der Waals surface area contributed by atoms with E-state index in [2.05, 4.69) is 37.4 Å². The Morgan fingerprint density at radius 1 is 1.00 bits per heavy atom. The fourth-order valence-corrected chi connectivity index (χ4v) is 1.84. The zero-order valence-electron chi connectivity index (χ0n) is 12.1. The van der Waals surface area contributed by atoms with Crippen molar-refractivity contribution in [2.45, 2.75) is 20.4 Å². The molecule has 2 heteroatoms. The summed E-state index contributed by atoms with van der Waals surface area (Å²) in [7, 11) is 0. The molecule has 0 saturated heterocycles. The van der Waals surface area contributed by atoms with E-state index < -0.39 is 0 Å². The van der Waals surface area contributed by atoms with Crippen LogP contribution in [0.15, 0.2) is 66.2 Å². The Morgan fingerprint density at radius 2 is 1.75 bits per heavy atom. The van der Waals surface area contributed by atoms with Gasteiger partial charge in [0.15, 0.2) is 0 Å². The number of nitrogens with one attached hydrogen (secondary N) is 1. The molecule has 2 nitrogen and oxygen atoms in total. The number of benzene rings is 2. The first-order chi connectivity index (χ1) is 9.74. The van der Waals surface area contributed by atoms with Gasteiger partial charge >= 0.3 is 0 Å². The van der Waals surface area contributed by atoms with Crippen molar-refractivity contribution in [3.63, 3.8) is 0 Å². The van der Waals surface area contributed by atoms with Gasteiger partial charge in [0.05, 0.1) is 0 Å². The van der Waals surface area contributed by atoms with Crippen molar-refractivity contribution >= 4 is 0 Å². The van der Waals surface area contributed by atoms with Gasteiger partial charge < -0.3 is 10.1 Å². The highest BCUT2D eigenvalue weighted by Crippen LogP contribution is 2.21. The number of para-hydroxylation sites is 1. The molecule has 104 valence electrons. The SMILES string of the molecule is CC(C)=CCNCc1cccc(Oc2ccccc2)c1. The van der Waals surface area contributed by atoms with Gasteiger partial charge in [0.1, 0.15) is 11.5 Å². The topological polar surface area (TPSA) is 21.3 Å². The Labute approximate surface area is 121 Å². The first-order valence-corrected chi connectivity index (χ1v) is 6.90. The third-order valence-electron chi connectivity index (χ3n) is 2.86. The summed E-state index contributed by atoms with van der Waals surface area (Å²) >= 11 is 0. The van der Waals surface area contributed by atoms with Gasteiger partial charge in [-0.25, -0.2) is 0 Å². The van der Waals surface area contributed by atoms with E-state index in [-0.39, 0.29) is 0 Å². The largest absolute Gasteiger partial charge is 0.457 e. The van der Waals surface area contributed by atoms with E-state index in [1.165, 1.54) is 11.1 Å². The lowest BCUT2D eigenvalue weighted by Gasteiger charge is -2.08. The molecule has 0 atom stereocenters. The normalized spacial score (nSPS) is 10.1. The lowest BCUT2D eigenvalue weighted by molar-refractivity contribution is 0.481. The van der Waals surface area contributed by atoms with Crippen molar-refractivity contribution in [3.05, 3.63) is 71.8 Å². The summed E-state index contributed by atoms with van der Waals surface area (Å²) in [5.41, 5.74) is 2.55. The third kappa shape index (κ3) is 4.90. The second-order valence-corrected chi connectivity index (χ2v) is 4.97. The number of hydrogen-bond acceptors (Lipinski definition) is 2. The lowest BCUT2D eigenvalue weighted by Crippen LogP contribution is -2.13. The molecule has 0 spiro atoms. The summed E-state index contributed by atoms with van der Waals surface area (Å²) in [5.74, 6) is 1.74. The van der Waals surface area contributed by atoms with Gasteiger partial charge in [0, 0.05) is 13.1 Å². The highest BCUT2D eigenvalue weighted by Gasteiger charge is 1.98. The highest BCUT2D eigenvalue weighted by molar-refractivity contribution is 5.33. The Morgan fingerprint density at radius 3 is 2.50 bits per heavy atom. The molecule has 0 aliphatic rings. The predicted octanol–water partition coefficient (Wildman–Crippen LogP) is 4.53. The predicted molar refractivity (Wildman–Crippen MR) is 84.1 cm³/mol. The molecule has 0 unspecified atom stereocenters. The van der Waals surface area contributed by atoms with Crippen molar-refractivity contribution < 1.29 is 4.74 Å². The second-order valence-electron chi connectivity index (χ2n) is 4.97. The van der Waals surface area contributed by atoms with Crippen LogP contribution in [0.2, 0.25) is 0 Å². The Kier molecular flexibility index (Phi) is 5.39. The molecule has 20 heavy (non-hydrogen) atoms. The third-order valence-corrected chi connectivity index (χ3v) is 2.86. The number of hydrogen-bond donors (Lipinski definition) is 1. The number of rotatable bonds is 6. The molecule has 0 heterocycles. The minimum Gasteiger partial charge on any atom is -0.457 e. The van der Waals surface area contributed by atoms with Crippen LogP contribution < -0.4 is 10.1 Å². The molecule has 0 amide bonds. The van der Waals surface area contributed by atoms with Crippen LogP contribution in [0.5, 0.6) is 11.5 Å². The molecule has 0 aliphatic carbocycles. The van der Waals surface area contributed by atoms with Crippen LogP contribution in [-0.4, -0.2) is 6.54 Å². The summed E-state index contributed by atoms with van der Waals surface area (Å²) in [6, 6.07) is 18.0. The average Bonchev–Trinajstić information content (AvgIpc) is 2.45. The zero-order valence-corrected chi connectivity index (χ0v) is 12.1. The van der Waals surface area contributed by atoms with Crippen molar-refractivity contribution in [1.29, 1.82) is 0 Å². The minimum absolute atomic E-state index is 0.843. The average molecular weight is 267 g/mol. The van der Waals surface area contributed by atoms with E-state index in [0.717, 1.165) is 24.6 Å². The first-order valence-electron chi connectivity index (χ1n) is 6.90. The summed E-state index contributed by atoms with van der Waals surface area (Å²) in [5, 5.41) is 3.39. The van der Waals surface area contributed by atoms with Gasteiger partial charge in [-0.15, -0.1) is 0 Å². The maximum Gasteiger partial charge on any atom is 0.127 e. The fraction of sp³-hybridized carbons (Fsp3) is 0.222. The van der Waals surface area contributed by atoms with E-state index in [0.29, 0.717) is 0 Å². The minimum atomic E-state index is 0.843. The first kappa shape index (κ1) is 14.4. The van der Waals surface area contributed by atoms with Gasteiger partial charge in [-0.05, 0) is 43.7 Å². The van der Waals surface area contributed by atoms with Crippen molar-refractivity contribution in [2.75, 3.05) is 6.54 Å². The molecular weight excluding hydrogens is 246 g/mol. The molecule has 0 aromatic heterocycles. The molecule has 0 radical (unpaired) electrons. The lowest BCUT2D eigenvalue weighted by atomic mass is 10.2. The molecule has 2 aromatic carbocycles. The van der Waals surface area contributed by atoms with Crippen LogP contribution in [0.25, 0.3) is 0 Å². The van der Waals surface area contributed by atoms with Gasteiger partial charge in [0.2, 0.25) is 0 Å². The van der Waals surface area contributed by atoms with E-state index in [1.54, 1.807) is 0 Å². The number of allylic oxidation sites excluding steroid dienone is 1. The van der Waals surface area contributed by atoms with Gasteiger partial charge in [0.25, 0.3) is 0 Å². The van der Waals surface area contributed by atoms with Gasteiger partial charge in [-0.3, -0.25) is 0 Å². The van der Waals surface area contributed by atoms with Crippen LogP contribution in [0.4, 0.5) is 0 Å². The van der Waals surface area contributed by atoms with E-state index >= 15 is 0 Å². The quantitative estimate of drug-likeness (QED) is 0.613. The van der Waals surface area contributed by atoms with Crippen molar-refractivity contribution in [3.8, 4) is 11.5 Å². The molecule has 0 fully saturated rings. The number of ether oxygens (including phenoxy) is 1. The smallest absolute Gasteiger partial charge is 0.127 e. The van der Waals surface area contributed by atoms with E-state index in [4.69, 9.17) is 4.74 Å². The Bertz CT molecular complexity index is 557. The van der Waals surface area contributed by atoms with Crippen LogP contribution in [0, 0.1) is 0 Å². The molecule has 0 aliphatic heterocycles. The van der Waals surface area contributed by atoms with Crippen molar-refractivity contribution in [2.24, 2.45) is 0 Å². The molecule has 0 bridgehead atoms. The fourth-order valence-electron chi connectivity index (χ4n) is 1.84. The monoisotopic (exact) mass is 267 g/mol. The second kappa shape index (κ2) is 7.51. The standard InChI is InChI=1S/C18H21NO/c1-15(2)11-12-19-14-16-7-6-10-18(13-16)20-17-8-4-3-5-9-17/h3-11,13,19H,12,14H2,1-2H3. The Balaban J connectivity index is 1.92. The van der Waals surface area contributed by atoms with Gasteiger partial charge in [-0.2, -0.15) is 0 Å².